The minimum atomic E-state index is -0.473. The summed E-state index contributed by atoms with van der Waals surface area (Å²) in [6.07, 6.45) is 0.672. The largest absolute Gasteiger partial charge is 0.469 e. The van der Waals surface area contributed by atoms with Crippen LogP contribution in [0.15, 0.2) is 24.3 Å². The molecule has 19 heavy (non-hydrogen) atoms. The van der Waals surface area contributed by atoms with Crippen molar-refractivity contribution in [2.45, 2.75) is 19.3 Å². The minimum absolute atomic E-state index is 0.114. The fourth-order valence-electron chi connectivity index (χ4n) is 1.54. The molecule has 7 nitrogen and oxygen atoms in total. The van der Waals surface area contributed by atoms with Gasteiger partial charge in [-0.25, -0.2) is 4.79 Å². The summed E-state index contributed by atoms with van der Waals surface area (Å²) < 4.78 is 4.48. The Morgan fingerprint density at radius 1 is 1.21 bits per heavy atom. The van der Waals surface area contributed by atoms with Crippen LogP contribution in [0.4, 0.5) is 0 Å². The quantitative estimate of drug-likeness (QED) is 0.584. The molecule has 0 aliphatic carbocycles. The van der Waals surface area contributed by atoms with E-state index in [1.807, 2.05) is 6.07 Å². The standard InChI is InChI=1S/C12H13N3O4/c1-18-11(16)7-4-8-12(17)19-15-10-6-3-2-5-9(10)13-14-15/h2-3,5-6H,4,7-8H2,1H3. The van der Waals surface area contributed by atoms with Crippen LogP contribution in [0.25, 0.3) is 11.0 Å². The molecule has 0 spiro atoms. The number of para-hydroxylation sites is 1. The smallest absolute Gasteiger partial charge is 0.335 e. The number of fused-ring (bicyclic) bond motifs is 1. The number of hydrogen-bond acceptors (Lipinski definition) is 6. The number of rotatable bonds is 5. The number of hydrogen-bond donors (Lipinski definition) is 0. The Morgan fingerprint density at radius 2 is 1.95 bits per heavy atom. The first kappa shape index (κ1) is 13.0. The Morgan fingerprint density at radius 3 is 2.74 bits per heavy atom. The third-order valence-electron chi connectivity index (χ3n) is 2.50. The second-order valence-corrected chi connectivity index (χ2v) is 3.84. The van der Waals surface area contributed by atoms with Crippen molar-refractivity contribution >= 4 is 23.0 Å². The lowest BCUT2D eigenvalue weighted by Crippen LogP contribution is -2.20. The summed E-state index contributed by atoms with van der Waals surface area (Å²) in [5, 5.41) is 7.58. The fourth-order valence-corrected chi connectivity index (χ4v) is 1.54. The van der Waals surface area contributed by atoms with Gasteiger partial charge in [-0.3, -0.25) is 4.79 Å². The first-order valence-corrected chi connectivity index (χ1v) is 5.79. The van der Waals surface area contributed by atoms with Gasteiger partial charge in [0.05, 0.1) is 7.11 Å². The van der Waals surface area contributed by atoms with Gasteiger partial charge in [-0.1, -0.05) is 17.0 Å². The van der Waals surface area contributed by atoms with Gasteiger partial charge in [-0.15, -0.1) is 5.10 Å². The molecule has 2 rings (SSSR count). The third-order valence-corrected chi connectivity index (χ3v) is 2.50. The van der Waals surface area contributed by atoms with Crippen molar-refractivity contribution in [3.8, 4) is 0 Å². The molecule has 0 aliphatic rings. The molecular weight excluding hydrogens is 250 g/mol. The van der Waals surface area contributed by atoms with E-state index in [1.165, 1.54) is 7.11 Å². The van der Waals surface area contributed by atoms with Gasteiger partial charge in [0.25, 0.3) is 0 Å². The SMILES string of the molecule is COC(=O)CCCC(=O)On1nnc2ccccc21. The number of carbonyl (C=O) groups is 2. The number of benzene rings is 1. The second-order valence-electron chi connectivity index (χ2n) is 3.84. The molecule has 0 saturated carbocycles. The number of esters is 1. The van der Waals surface area contributed by atoms with Gasteiger partial charge in [-0.2, -0.15) is 0 Å². The molecule has 1 aromatic heterocycles. The van der Waals surface area contributed by atoms with Gasteiger partial charge in [-0.05, 0) is 23.8 Å². The number of aromatic nitrogens is 3. The molecule has 0 atom stereocenters. The van der Waals surface area contributed by atoms with Crippen LogP contribution in [0.3, 0.4) is 0 Å². The van der Waals surface area contributed by atoms with E-state index in [2.05, 4.69) is 15.0 Å². The zero-order valence-corrected chi connectivity index (χ0v) is 10.4. The van der Waals surface area contributed by atoms with E-state index in [1.54, 1.807) is 18.2 Å². The molecule has 0 amide bonds. The third kappa shape index (κ3) is 3.27. The van der Waals surface area contributed by atoms with E-state index in [-0.39, 0.29) is 18.8 Å². The van der Waals surface area contributed by atoms with Crippen LogP contribution in [0, 0.1) is 0 Å². The van der Waals surface area contributed by atoms with Crippen molar-refractivity contribution in [1.82, 2.24) is 15.2 Å². The first-order valence-electron chi connectivity index (χ1n) is 5.79. The lowest BCUT2D eigenvalue weighted by Gasteiger charge is -2.02. The highest BCUT2D eigenvalue weighted by molar-refractivity contribution is 5.76. The highest BCUT2D eigenvalue weighted by Gasteiger charge is 2.10. The van der Waals surface area contributed by atoms with Gasteiger partial charge in [0.2, 0.25) is 0 Å². The van der Waals surface area contributed by atoms with Crippen molar-refractivity contribution in [3.05, 3.63) is 24.3 Å². The Bertz CT molecular complexity index is 593. The topological polar surface area (TPSA) is 83.3 Å². The number of nitrogens with zero attached hydrogens (tertiary/aromatic N) is 3. The van der Waals surface area contributed by atoms with Crippen LogP contribution in [-0.2, 0) is 14.3 Å². The lowest BCUT2D eigenvalue weighted by atomic mass is 10.2. The molecule has 0 N–H and O–H groups in total. The summed E-state index contributed by atoms with van der Waals surface area (Å²) in [5.74, 6) is -0.821. The van der Waals surface area contributed by atoms with E-state index in [0.29, 0.717) is 17.5 Å². The maximum absolute atomic E-state index is 11.6. The second kappa shape index (κ2) is 5.94. The Kier molecular flexibility index (Phi) is 4.07. The summed E-state index contributed by atoms with van der Waals surface area (Å²) in [7, 11) is 1.31. The highest BCUT2D eigenvalue weighted by Crippen LogP contribution is 2.08. The van der Waals surface area contributed by atoms with Crippen LogP contribution < -0.4 is 4.84 Å². The summed E-state index contributed by atoms with van der Waals surface area (Å²) in [6.45, 7) is 0. The summed E-state index contributed by atoms with van der Waals surface area (Å²) in [5.41, 5.74) is 1.26. The molecule has 1 aromatic carbocycles. The average Bonchev–Trinajstić information content (AvgIpc) is 2.82. The normalized spacial score (nSPS) is 10.4. The predicted octanol–water partition coefficient (Wildman–Crippen LogP) is 0.730. The fraction of sp³-hybridized carbons (Fsp3) is 0.333. The van der Waals surface area contributed by atoms with Crippen LogP contribution in [-0.4, -0.2) is 34.2 Å². The van der Waals surface area contributed by atoms with E-state index in [9.17, 15) is 9.59 Å². The molecule has 0 aliphatic heterocycles. The lowest BCUT2D eigenvalue weighted by molar-refractivity contribution is -0.146. The van der Waals surface area contributed by atoms with Crippen molar-refractivity contribution in [1.29, 1.82) is 0 Å². The van der Waals surface area contributed by atoms with Gasteiger partial charge in [0.15, 0.2) is 0 Å². The molecule has 7 heteroatoms. The first-order chi connectivity index (χ1) is 9.20. The van der Waals surface area contributed by atoms with Crippen molar-refractivity contribution in [2.24, 2.45) is 0 Å². The van der Waals surface area contributed by atoms with Crippen LogP contribution >= 0.6 is 0 Å². The van der Waals surface area contributed by atoms with E-state index in [0.717, 1.165) is 4.85 Å². The molecule has 0 bridgehead atoms. The number of methoxy groups -OCH3 is 1. The molecule has 1 heterocycles. The monoisotopic (exact) mass is 263 g/mol. The Balaban J connectivity index is 1.90. The Labute approximate surface area is 109 Å². The molecule has 0 radical (unpaired) electrons. The number of carbonyl (C=O) groups excluding carboxylic acids is 2. The maximum Gasteiger partial charge on any atom is 0.335 e. The van der Waals surface area contributed by atoms with Crippen molar-refractivity contribution in [2.75, 3.05) is 7.11 Å². The van der Waals surface area contributed by atoms with E-state index < -0.39 is 5.97 Å². The summed E-state index contributed by atoms with van der Waals surface area (Å²) >= 11 is 0. The zero-order chi connectivity index (χ0) is 13.7. The van der Waals surface area contributed by atoms with E-state index >= 15 is 0 Å². The molecule has 0 saturated heterocycles. The minimum Gasteiger partial charge on any atom is -0.469 e. The molecule has 2 aromatic rings. The average molecular weight is 263 g/mol. The highest BCUT2D eigenvalue weighted by atomic mass is 16.7. The van der Waals surface area contributed by atoms with Crippen LogP contribution in [0.1, 0.15) is 19.3 Å². The van der Waals surface area contributed by atoms with Gasteiger partial charge in [0, 0.05) is 12.8 Å². The van der Waals surface area contributed by atoms with Crippen LogP contribution in [0.2, 0.25) is 0 Å². The van der Waals surface area contributed by atoms with Gasteiger partial charge >= 0.3 is 11.9 Å². The van der Waals surface area contributed by atoms with Crippen molar-refractivity contribution in [3.63, 3.8) is 0 Å². The van der Waals surface area contributed by atoms with Crippen molar-refractivity contribution < 1.29 is 19.2 Å². The van der Waals surface area contributed by atoms with Gasteiger partial charge in [0.1, 0.15) is 11.0 Å². The van der Waals surface area contributed by atoms with Crippen LogP contribution in [0.5, 0.6) is 0 Å². The molecule has 100 valence electrons. The molecular formula is C12H13N3O4. The summed E-state index contributed by atoms with van der Waals surface area (Å²) in [4.78, 5) is 28.6. The van der Waals surface area contributed by atoms with Gasteiger partial charge < -0.3 is 9.57 Å². The maximum atomic E-state index is 11.6. The Hall–Kier alpha value is -2.44. The zero-order valence-electron chi connectivity index (χ0n) is 10.4. The number of ether oxygens (including phenoxy) is 1. The molecule has 0 fully saturated rings. The molecule has 0 unspecified atom stereocenters. The predicted molar refractivity (Wildman–Crippen MR) is 65.0 cm³/mol. The summed E-state index contributed by atoms with van der Waals surface area (Å²) in [6, 6.07) is 7.13. The van der Waals surface area contributed by atoms with E-state index in [4.69, 9.17) is 4.84 Å².